The molecule has 0 bridgehead atoms. The van der Waals surface area contributed by atoms with Crippen LogP contribution < -0.4 is 15.4 Å². The molecule has 0 unspecified atom stereocenters. The molecule has 31 heavy (non-hydrogen) atoms. The molecule has 0 amide bonds. The lowest BCUT2D eigenvalue weighted by atomic mass is 10.2. The van der Waals surface area contributed by atoms with Crippen molar-refractivity contribution in [1.82, 2.24) is 15.0 Å². The average Bonchev–Trinajstić information content (AvgIpc) is 2.77. The van der Waals surface area contributed by atoms with Gasteiger partial charge in [-0.1, -0.05) is 41.5 Å². The summed E-state index contributed by atoms with van der Waals surface area (Å²) in [5.74, 6) is 1.68. The number of nitrogens with zero attached hydrogens (tertiary/aromatic N) is 3. The maximum Gasteiger partial charge on any atom is 0.233 e. The molecule has 156 valence electrons. The largest absolute Gasteiger partial charge is 0.497 e. The third-order valence-corrected chi connectivity index (χ3v) is 5.35. The van der Waals surface area contributed by atoms with E-state index >= 15 is 0 Å². The lowest BCUT2D eigenvalue weighted by Gasteiger charge is -2.11. The van der Waals surface area contributed by atoms with Gasteiger partial charge in [0.15, 0.2) is 5.16 Å². The predicted octanol–water partition coefficient (Wildman–Crippen LogP) is 6.14. The molecule has 0 atom stereocenters. The van der Waals surface area contributed by atoms with E-state index in [0.717, 1.165) is 22.0 Å². The Morgan fingerprint density at radius 1 is 0.710 bits per heavy atom. The average molecular weight is 430 g/mol. The molecule has 0 aliphatic carbocycles. The lowest BCUT2D eigenvalue weighted by Crippen LogP contribution is -2.05. The van der Waals surface area contributed by atoms with Crippen molar-refractivity contribution in [2.24, 2.45) is 0 Å². The fourth-order valence-electron chi connectivity index (χ4n) is 2.82. The van der Waals surface area contributed by atoms with E-state index in [0.29, 0.717) is 17.1 Å². The minimum atomic E-state index is 0.451. The molecule has 1 heterocycles. The molecule has 4 rings (SSSR count). The van der Waals surface area contributed by atoms with Gasteiger partial charge in [-0.25, -0.2) is 0 Å². The highest BCUT2D eigenvalue weighted by Gasteiger charge is 2.10. The molecule has 4 aromatic rings. The van der Waals surface area contributed by atoms with Crippen molar-refractivity contribution >= 4 is 35.0 Å². The quantitative estimate of drug-likeness (QED) is 0.366. The molecule has 7 heteroatoms. The molecule has 0 radical (unpaired) electrons. The summed E-state index contributed by atoms with van der Waals surface area (Å²) in [6, 6.07) is 24.0. The first-order chi connectivity index (χ1) is 15.1. The lowest BCUT2D eigenvalue weighted by molar-refractivity contribution is 0.415. The van der Waals surface area contributed by atoms with Crippen LogP contribution >= 0.6 is 11.8 Å². The van der Waals surface area contributed by atoms with Crippen LogP contribution in [-0.2, 0) is 0 Å². The third-order valence-electron chi connectivity index (χ3n) is 4.48. The van der Waals surface area contributed by atoms with Gasteiger partial charge in [0.2, 0.25) is 11.9 Å². The molecule has 0 aliphatic heterocycles. The topological polar surface area (TPSA) is 72.0 Å². The van der Waals surface area contributed by atoms with Gasteiger partial charge in [0.05, 0.1) is 7.11 Å². The molecule has 3 aromatic carbocycles. The summed E-state index contributed by atoms with van der Waals surface area (Å²) in [4.78, 5) is 14.8. The van der Waals surface area contributed by atoms with Crippen LogP contribution in [0.4, 0.5) is 23.3 Å². The minimum Gasteiger partial charge on any atom is -0.497 e. The Balaban J connectivity index is 1.64. The number of aryl methyl sites for hydroxylation is 2. The van der Waals surface area contributed by atoms with Crippen LogP contribution in [0.15, 0.2) is 82.8 Å². The Bertz CT molecular complexity index is 1100. The fraction of sp³-hybridized carbons (Fsp3) is 0.125. The number of aromatic nitrogens is 3. The Labute approximate surface area is 186 Å². The number of hydrogen-bond acceptors (Lipinski definition) is 7. The summed E-state index contributed by atoms with van der Waals surface area (Å²) in [6.45, 7) is 4.12. The van der Waals surface area contributed by atoms with Crippen molar-refractivity contribution < 1.29 is 4.74 Å². The van der Waals surface area contributed by atoms with Crippen molar-refractivity contribution in [2.45, 2.75) is 23.9 Å². The first-order valence-electron chi connectivity index (χ1n) is 9.83. The first kappa shape index (κ1) is 20.7. The Morgan fingerprint density at radius 3 is 1.97 bits per heavy atom. The molecular weight excluding hydrogens is 406 g/mol. The number of hydrogen-bond donors (Lipinski definition) is 2. The van der Waals surface area contributed by atoms with Crippen molar-refractivity contribution in [2.75, 3.05) is 17.7 Å². The van der Waals surface area contributed by atoms with Gasteiger partial charge in [0, 0.05) is 22.3 Å². The normalized spacial score (nSPS) is 10.5. The van der Waals surface area contributed by atoms with Gasteiger partial charge in [-0.3, -0.25) is 0 Å². The molecule has 0 aliphatic rings. The zero-order valence-electron chi connectivity index (χ0n) is 17.6. The van der Waals surface area contributed by atoms with Crippen molar-refractivity contribution in [3.8, 4) is 5.75 Å². The SMILES string of the molecule is COc1cccc(Nc2nc(Nc3ccc(C)cc3)nc(Sc3ccc(C)cc3)n2)c1. The molecule has 0 fully saturated rings. The van der Waals surface area contributed by atoms with E-state index in [9.17, 15) is 0 Å². The van der Waals surface area contributed by atoms with E-state index in [1.165, 1.54) is 22.9 Å². The number of methoxy groups -OCH3 is 1. The van der Waals surface area contributed by atoms with Gasteiger partial charge in [-0.05, 0) is 62.0 Å². The van der Waals surface area contributed by atoms with E-state index in [4.69, 9.17) is 4.74 Å². The van der Waals surface area contributed by atoms with E-state index in [1.807, 2.05) is 48.5 Å². The van der Waals surface area contributed by atoms with Gasteiger partial charge in [0.25, 0.3) is 0 Å². The van der Waals surface area contributed by atoms with Crippen LogP contribution in [-0.4, -0.2) is 22.1 Å². The summed E-state index contributed by atoms with van der Waals surface area (Å²) < 4.78 is 5.31. The van der Waals surface area contributed by atoms with Gasteiger partial charge in [0.1, 0.15) is 5.75 Å². The summed E-state index contributed by atoms with van der Waals surface area (Å²) >= 11 is 1.49. The number of anilines is 4. The second-order valence-electron chi connectivity index (χ2n) is 7.03. The zero-order valence-corrected chi connectivity index (χ0v) is 18.4. The number of ether oxygens (including phenoxy) is 1. The number of rotatable bonds is 7. The smallest absolute Gasteiger partial charge is 0.233 e. The predicted molar refractivity (Wildman–Crippen MR) is 126 cm³/mol. The van der Waals surface area contributed by atoms with Crippen LogP contribution in [0.5, 0.6) is 5.75 Å². The van der Waals surface area contributed by atoms with Gasteiger partial charge in [-0.15, -0.1) is 0 Å². The van der Waals surface area contributed by atoms with Crippen molar-refractivity contribution in [3.05, 3.63) is 83.9 Å². The molecule has 6 nitrogen and oxygen atoms in total. The second-order valence-corrected chi connectivity index (χ2v) is 8.07. The van der Waals surface area contributed by atoms with Crippen LogP contribution in [0.3, 0.4) is 0 Å². The molecular formula is C24H23N5OS. The number of nitrogens with one attached hydrogen (secondary N) is 2. The minimum absolute atomic E-state index is 0.451. The highest BCUT2D eigenvalue weighted by atomic mass is 32.2. The molecule has 0 saturated heterocycles. The summed E-state index contributed by atoms with van der Waals surface area (Å²) in [5, 5.41) is 7.12. The maximum atomic E-state index is 5.31. The molecule has 0 saturated carbocycles. The van der Waals surface area contributed by atoms with Crippen molar-refractivity contribution in [3.63, 3.8) is 0 Å². The van der Waals surface area contributed by atoms with Crippen LogP contribution in [0.25, 0.3) is 0 Å². The molecule has 0 spiro atoms. The highest BCUT2D eigenvalue weighted by molar-refractivity contribution is 7.99. The Kier molecular flexibility index (Phi) is 6.33. The monoisotopic (exact) mass is 429 g/mol. The summed E-state index contributed by atoms with van der Waals surface area (Å²) in [7, 11) is 1.64. The Hall–Kier alpha value is -3.58. The molecule has 1 aromatic heterocycles. The van der Waals surface area contributed by atoms with E-state index in [1.54, 1.807) is 7.11 Å². The standard InChI is InChI=1S/C24H23N5OS/c1-16-7-11-18(12-8-16)25-22-27-23(26-19-5-4-6-20(15-19)30-3)29-24(28-22)31-21-13-9-17(2)10-14-21/h4-15H,1-3H3,(H2,25,26,27,28,29). The maximum absolute atomic E-state index is 5.31. The summed E-state index contributed by atoms with van der Waals surface area (Å²) in [6.07, 6.45) is 0. The zero-order chi connectivity index (χ0) is 21.6. The van der Waals surface area contributed by atoms with Crippen LogP contribution in [0.2, 0.25) is 0 Å². The fourth-order valence-corrected chi connectivity index (χ4v) is 3.57. The van der Waals surface area contributed by atoms with E-state index in [-0.39, 0.29) is 0 Å². The number of benzene rings is 3. The van der Waals surface area contributed by atoms with E-state index in [2.05, 4.69) is 63.7 Å². The van der Waals surface area contributed by atoms with Gasteiger partial charge in [-0.2, -0.15) is 15.0 Å². The second kappa shape index (κ2) is 9.49. The van der Waals surface area contributed by atoms with Crippen molar-refractivity contribution in [1.29, 1.82) is 0 Å². The summed E-state index contributed by atoms with van der Waals surface area (Å²) in [5.41, 5.74) is 4.15. The van der Waals surface area contributed by atoms with Crippen LogP contribution in [0.1, 0.15) is 11.1 Å². The van der Waals surface area contributed by atoms with E-state index < -0.39 is 0 Å². The Morgan fingerprint density at radius 2 is 1.32 bits per heavy atom. The van der Waals surface area contributed by atoms with Crippen LogP contribution in [0, 0.1) is 13.8 Å². The van der Waals surface area contributed by atoms with Gasteiger partial charge < -0.3 is 15.4 Å². The molecule has 2 N–H and O–H groups in total. The third kappa shape index (κ3) is 5.73. The first-order valence-corrected chi connectivity index (χ1v) is 10.6. The van der Waals surface area contributed by atoms with Gasteiger partial charge >= 0.3 is 0 Å². The highest BCUT2D eigenvalue weighted by Crippen LogP contribution is 2.28.